The van der Waals surface area contributed by atoms with E-state index in [9.17, 15) is 9.59 Å². The summed E-state index contributed by atoms with van der Waals surface area (Å²) in [6.07, 6.45) is 3.30. The summed E-state index contributed by atoms with van der Waals surface area (Å²) in [6, 6.07) is 13.6. The van der Waals surface area contributed by atoms with Gasteiger partial charge in [-0.25, -0.2) is 4.79 Å². The first kappa shape index (κ1) is 18.5. The summed E-state index contributed by atoms with van der Waals surface area (Å²) in [6.45, 7) is 1.43. The standard InChI is InChI=1S/C23H25NO4/c1-27-20-7-3-16(4-8-20)15-24-12-11-23(22(24)26)10-9-17-13-18(21(25)28-2)5-6-19(17)14-23/h3-8,13H,9-12,14-15H2,1-2H3. The van der Waals surface area contributed by atoms with E-state index in [0.29, 0.717) is 12.1 Å². The van der Waals surface area contributed by atoms with Crippen molar-refractivity contribution in [2.24, 2.45) is 5.41 Å². The van der Waals surface area contributed by atoms with Gasteiger partial charge in [0.05, 0.1) is 25.2 Å². The maximum absolute atomic E-state index is 13.3. The fourth-order valence-corrected chi connectivity index (χ4v) is 4.49. The van der Waals surface area contributed by atoms with Gasteiger partial charge in [-0.3, -0.25) is 4.79 Å². The number of hydrogen-bond acceptors (Lipinski definition) is 4. The number of ether oxygens (including phenoxy) is 2. The molecule has 0 N–H and O–H groups in total. The van der Waals surface area contributed by atoms with E-state index >= 15 is 0 Å². The first-order valence-electron chi connectivity index (χ1n) is 9.67. The van der Waals surface area contributed by atoms with Crippen LogP contribution in [0.1, 0.15) is 39.9 Å². The predicted molar refractivity (Wildman–Crippen MR) is 105 cm³/mol. The van der Waals surface area contributed by atoms with Gasteiger partial charge in [-0.05, 0) is 66.6 Å². The molecule has 1 spiro atoms. The van der Waals surface area contributed by atoms with Gasteiger partial charge in [0.25, 0.3) is 0 Å². The lowest BCUT2D eigenvalue weighted by atomic mass is 9.70. The third-order valence-corrected chi connectivity index (χ3v) is 6.16. The number of likely N-dealkylation sites (tertiary alicyclic amines) is 1. The maximum Gasteiger partial charge on any atom is 0.337 e. The topological polar surface area (TPSA) is 55.8 Å². The zero-order valence-corrected chi connectivity index (χ0v) is 16.4. The molecule has 1 saturated heterocycles. The number of aryl methyl sites for hydroxylation is 1. The van der Waals surface area contributed by atoms with Gasteiger partial charge in [0, 0.05) is 13.1 Å². The molecule has 1 unspecified atom stereocenters. The van der Waals surface area contributed by atoms with E-state index in [0.717, 1.165) is 49.1 Å². The van der Waals surface area contributed by atoms with Crippen LogP contribution in [0.25, 0.3) is 0 Å². The number of nitrogens with zero attached hydrogens (tertiary/aromatic N) is 1. The normalized spacial score (nSPS) is 20.9. The molecule has 5 heteroatoms. The minimum Gasteiger partial charge on any atom is -0.497 e. The van der Waals surface area contributed by atoms with E-state index in [-0.39, 0.29) is 17.3 Å². The summed E-state index contributed by atoms with van der Waals surface area (Å²) < 4.78 is 10.0. The molecule has 1 heterocycles. The van der Waals surface area contributed by atoms with Crippen LogP contribution in [0.15, 0.2) is 42.5 Å². The molecule has 2 aromatic carbocycles. The van der Waals surface area contributed by atoms with Gasteiger partial charge in [0.2, 0.25) is 5.91 Å². The highest BCUT2D eigenvalue weighted by Crippen LogP contribution is 2.44. The lowest BCUT2D eigenvalue weighted by Gasteiger charge is -2.33. The highest BCUT2D eigenvalue weighted by molar-refractivity contribution is 5.90. The Kier molecular flexibility index (Phi) is 4.84. The summed E-state index contributed by atoms with van der Waals surface area (Å²) >= 11 is 0. The molecule has 1 aliphatic heterocycles. The minimum absolute atomic E-state index is 0.256. The minimum atomic E-state index is -0.314. The Morgan fingerprint density at radius 3 is 2.57 bits per heavy atom. The van der Waals surface area contributed by atoms with Crippen LogP contribution in [0.3, 0.4) is 0 Å². The number of carbonyl (C=O) groups excluding carboxylic acids is 2. The molecular formula is C23H25NO4. The van der Waals surface area contributed by atoms with E-state index in [1.54, 1.807) is 13.2 Å². The second-order valence-electron chi connectivity index (χ2n) is 7.76. The van der Waals surface area contributed by atoms with Crippen LogP contribution in [0.2, 0.25) is 0 Å². The van der Waals surface area contributed by atoms with E-state index in [2.05, 4.69) is 0 Å². The third kappa shape index (κ3) is 3.26. The second kappa shape index (κ2) is 7.30. The quantitative estimate of drug-likeness (QED) is 0.764. The first-order chi connectivity index (χ1) is 13.5. The molecule has 0 bridgehead atoms. The van der Waals surface area contributed by atoms with Crippen LogP contribution in [0.4, 0.5) is 0 Å². The van der Waals surface area contributed by atoms with Crippen LogP contribution >= 0.6 is 0 Å². The zero-order valence-electron chi connectivity index (χ0n) is 16.4. The van der Waals surface area contributed by atoms with Gasteiger partial charge in [-0.2, -0.15) is 0 Å². The van der Waals surface area contributed by atoms with E-state index in [1.807, 2.05) is 41.3 Å². The van der Waals surface area contributed by atoms with Crippen LogP contribution < -0.4 is 4.74 Å². The molecule has 146 valence electrons. The highest BCUT2D eigenvalue weighted by atomic mass is 16.5. The molecule has 2 aromatic rings. The Hall–Kier alpha value is -2.82. The van der Waals surface area contributed by atoms with Gasteiger partial charge in [0.1, 0.15) is 5.75 Å². The number of esters is 1. The smallest absolute Gasteiger partial charge is 0.337 e. The molecule has 2 aliphatic rings. The summed E-state index contributed by atoms with van der Waals surface area (Å²) in [4.78, 5) is 27.0. The molecule has 1 aliphatic carbocycles. The third-order valence-electron chi connectivity index (χ3n) is 6.16. The number of methoxy groups -OCH3 is 2. The number of hydrogen-bond donors (Lipinski definition) is 0. The Bertz CT molecular complexity index is 905. The molecule has 1 atom stereocenters. The van der Waals surface area contributed by atoms with Crippen LogP contribution in [0.5, 0.6) is 5.75 Å². The van der Waals surface area contributed by atoms with E-state index in [4.69, 9.17) is 9.47 Å². The lowest BCUT2D eigenvalue weighted by Crippen LogP contribution is -2.38. The van der Waals surface area contributed by atoms with Crippen molar-refractivity contribution in [3.8, 4) is 5.75 Å². The number of amides is 1. The van der Waals surface area contributed by atoms with Crippen molar-refractivity contribution in [2.45, 2.75) is 32.2 Å². The van der Waals surface area contributed by atoms with Crippen molar-refractivity contribution in [1.29, 1.82) is 0 Å². The summed E-state index contributed by atoms with van der Waals surface area (Å²) in [7, 11) is 3.04. The Balaban J connectivity index is 1.49. The van der Waals surface area contributed by atoms with Gasteiger partial charge >= 0.3 is 5.97 Å². The monoisotopic (exact) mass is 379 g/mol. The number of rotatable bonds is 4. The molecule has 28 heavy (non-hydrogen) atoms. The van der Waals surface area contributed by atoms with Crippen molar-refractivity contribution < 1.29 is 19.1 Å². The molecule has 0 saturated carbocycles. The van der Waals surface area contributed by atoms with Gasteiger partial charge < -0.3 is 14.4 Å². The summed E-state index contributed by atoms with van der Waals surface area (Å²) in [5.41, 5.74) is 3.74. The lowest BCUT2D eigenvalue weighted by molar-refractivity contribution is -0.137. The van der Waals surface area contributed by atoms with Crippen molar-refractivity contribution in [3.05, 3.63) is 64.7 Å². The van der Waals surface area contributed by atoms with Gasteiger partial charge in [-0.1, -0.05) is 18.2 Å². The average molecular weight is 379 g/mol. The highest BCUT2D eigenvalue weighted by Gasteiger charge is 2.47. The van der Waals surface area contributed by atoms with Gasteiger partial charge in [-0.15, -0.1) is 0 Å². The molecule has 4 rings (SSSR count). The Labute approximate surface area is 165 Å². The Morgan fingerprint density at radius 2 is 1.86 bits per heavy atom. The molecule has 5 nitrogen and oxygen atoms in total. The molecular weight excluding hydrogens is 354 g/mol. The summed E-state index contributed by atoms with van der Waals surface area (Å²) in [5, 5.41) is 0. The molecule has 0 radical (unpaired) electrons. The fourth-order valence-electron chi connectivity index (χ4n) is 4.49. The van der Waals surface area contributed by atoms with E-state index in [1.165, 1.54) is 12.7 Å². The fraction of sp³-hybridized carbons (Fsp3) is 0.391. The van der Waals surface area contributed by atoms with Crippen molar-refractivity contribution in [1.82, 2.24) is 4.90 Å². The van der Waals surface area contributed by atoms with Crippen LogP contribution in [-0.2, 0) is 28.9 Å². The van der Waals surface area contributed by atoms with Crippen LogP contribution in [-0.4, -0.2) is 37.5 Å². The number of fused-ring (bicyclic) bond motifs is 1. The Morgan fingerprint density at radius 1 is 1.07 bits per heavy atom. The largest absolute Gasteiger partial charge is 0.497 e. The van der Waals surface area contributed by atoms with Crippen molar-refractivity contribution in [2.75, 3.05) is 20.8 Å². The molecule has 1 amide bonds. The van der Waals surface area contributed by atoms with Gasteiger partial charge in [0.15, 0.2) is 0 Å². The number of benzene rings is 2. The number of carbonyl (C=O) groups is 2. The summed E-state index contributed by atoms with van der Waals surface area (Å²) in [5.74, 6) is 0.764. The van der Waals surface area contributed by atoms with Crippen molar-refractivity contribution in [3.63, 3.8) is 0 Å². The van der Waals surface area contributed by atoms with Crippen molar-refractivity contribution >= 4 is 11.9 Å². The van der Waals surface area contributed by atoms with E-state index < -0.39 is 0 Å². The average Bonchev–Trinajstić information content (AvgIpc) is 3.03. The first-order valence-corrected chi connectivity index (χ1v) is 9.67. The predicted octanol–water partition coefficient (Wildman–Crippen LogP) is 3.39. The molecule has 0 aromatic heterocycles. The zero-order chi connectivity index (χ0) is 19.7. The second-order valence-corrected chi connectivity index (χ2v) is 7.76. The maximum atomic E-state index is 13.3. The SMILES string of the molecule is COC(=O)c1ccc2c(c1)CCC1(CCN(Cc3ccc(OC)cc3)C1=O)C2. The van der Waals surface area contributed by atoms with Crippen LogP contribution in [0, 0.1) is 5.41 Å². The molecule has 1 fully saturated rings.